The first-order valence-electron chi connectivity index (χ1n) is 8.79. The molecule has 1 aliphatic rings. The molecule has 0 spiro atoms. The number of rotatable bonds is 7. The molecule has 0 saturated heterocycles. The Labute approximate surface area is 168 Å². The van der Waals surface area contributed by atoms with Crippen LogP contribution in [-0.4, -0.2) is 51.6 Å². The largest absolute Gasteiger partial charge is 0.356 e. The van der Waals surface area contributed by atoms with E-state index in [1.165, 1.54) is 37.0 Å². The van der Waals surface area contributed by atoms with Crippen molar-refractivity contribution < 1.29 is 0 Å². The Morgan fingerprint density at radius 3 is 2.58 bits per heavy atom. The highest BCUT2D eigenvalue weighted by atomic mass is 127. The fraction of sp³-hybridized carbons (Fsp3) is 0.722. The Morgan fingerprint density at radius 1 is 1.25 bits per heavy atom. The molecule has 1 aromatic heterocycles. The molecule has 1 aromatic rings. The number of aliphatic imine (C=N–C) groups is 1. The Hall–Kier alpha value is -0.340. The Balaban J connectivity index is 0.00000288. The monoisotopic (exact) mass is 464 g/mol. The van der Waals surface area contributed by atoms with Crippen molar-refractivity contribution in [1.82, 2.24) is 15.5 Å². The molecule has 0 atom stereocenters. The standard InChI is InChI=1S/C18H32N4S.HI/c1-19-17(20-12-8-13-22(2)3)21-15-18(10-5-4-6-11-18)16-9-7-14-23-16;/h7,9,14H,4-6,8,10-13,15H2,1-3H3,(H2,19,20,21);1H. The van der Waals surface area contributed by atoms with Gasteiger partial charge in [0.15, 0.2) is 5.96 Å². The molecule has 0 bridgehead atoms. The van der Waals surface area contributed by atoms with Gasteiger partial charge >= 0.3 is 0 Å². The van der Waals surface area contributed by atoms with Gasteiger partial charge in [-0.05, 0) is 51.3 Å². The van der Waals surface area contributed by atoms with Gasteiger partial charge in [-0.25, -0.2) is 0 Å². The second-order valence-corrected chi connectivity index (χ2v) is 7.78. The average Bonchev–Trinajstić information content (AvgIpc) is 3.10. The number of hydrogen-bond donors (Lipinski definition) is 2. The van der Waals surface area contributed by atoms with Crippen LogP contribution in [0, 0.1) is 0 Å². The van der Waals surface area contributed by atoms with Crippen LogP contribution in [0.1, 0.15) is 43.4 Å². The average molecular weight is 464 g/mol. The zero-order valence-corrected chi connectivity index (χ0v) is 18.5. The molecule has 138 valence electrons. The molecular weight excluding hydrogens is 431 g/mol. The third kappa shape index (κ3) is 6.52. The number of nitrogens with one attached hydrogen (secondary N) is 2. The van der Waals surface area contributed by atoms with Gasteiger partial charge in [-0.15, -0.1) is 35.3 Å². The minimum Gasteiger partial charge on any atom is -0.356 e. The van der Waals surface area contributed by atoms with Crippen LogP contribution < -0.4 is 10.6 Å². The van der Waals surface area contributed by atoms with Crippen molar-refractivity contribution in [2.75, 3.05) is 40.8 Å². The van der Waals surface area contributed by atoms with Gasteiger partial charge < -0.3 is 15.5 Å². The molecule has 6 heteroatoms. The molecular formula is C18H33IN4S. The molecule has 24 heavy (non-hydrogen) atoms. The lowest BCUT2D eigenvalue weighted by atomic mass is 9.73. The first-order chi connectivity index (χ1) is 11.2. The van der Waals surface area contributed by atoms with E-state index in [2.05, 4.69) is 52.1 Å². The minimum absolute atomic E-state index is 0. The normalized spacial score (nSPS) is 17.4. The van der Waals surface area contributed by atoms with Gasteiger partial charge in [-0.2, -0.15) is 0 Å². The van der Waals surface area contributed by atoms with Gasteiger partial charge in [0.05, 0.1) is 0 Å². The summed E-state index contributed by atoms with van der Waals surface area (Å²) in [7, 11) is 6.09. The molecule has 0 aliphatic heterocycles. The highest BCUT2D eigenvalue weighted by Crippen LogP contribution is 2.40. The van der Waals surface area contributed by atoms with Gasteiger partial charge in [0.25, 0.3) is 0 Å². The summed E-state index contributed by atoms with van der Waals surface area (Å²) in [5.74, 6) is 0.935. The molecule has 1 heterocycles. The van der Waals surface area contributed by atoms with E-state index in [9.17, 15) is 0 Å². The second kappa shape index (κ2) is 11.3. The molecule has 1 saturated carbocycles. The summed E-state index contributed by atoms with van der Waals surface area (Å²) in [5, 5.41) is 9.24. The number of nitrogens with zero attached hydrogens (tertiary/aromatic N) is 2. The van der Waals surface area contributed by atoms with Crippen molar-refractivity contribution in [3.05, 3.63) is 22.4 Å². The predicted molar refractivity (Wildman–Crippen MR) is 117 cm³/mol. The number of guanidine groups is 1. The lowest BCUT2D eigenvalue weighted by molar-refractivity contribution is 0.296. The Kier molecular flexibility index (Phi) is 10.2. The van der Waals surface area contributed by atoms with Crippen LogP contribution in [0.4, 0.5) is 0 Å². The van der Waals surface area contributed by atoms with E-state index < -0.39 is 0 Å². The summed E-state index contributed by atoms with van der Waals surface area (Å²) >= 11 is 1.91. The van der Waals surface area contributed by atoms with Crippen molar-refractivity contribution in [2.24, 2.45) is 4.99 Å². The van der Waals surface area contributed by atoms with Gasteiger partial charge in [-0.1, -0.05) is 25.3 Å². The van der Waals surface area contributed by atoms with Crippen molar-refractivity contribution in [1.29, 1.82) is 0 Å². The van der Waals surface area contributed by atoms with Crippen molar-refractivity contribution in [2.45, 2.75) is 43.9 Å². The van der Waals surface area contributed by atoms with Crippen molar-refractivity contribution in [3.8, 4) is 0 Å². The van der Waals surface area contributed by atoms with Crippen LogP contribution in [0.15, 0.2) is 22.5 Å². The van der Waals surface area contributed by atoms with Gasteiger partial charge in [0.2, 0.25) is 0 Å². The first kappa shape index (κ1) is 21.7. The van der Waals surface area contributed by atoms with Crippen LogP contribution in [0.25, 0.3) is 0 Å². The van der Waals surface area contributed by atoms with Gasteiger partial charge in [0.1, 0.15) is 0 Å². The maximum Gasteiger partial charge on any atom is 0.191 e. The van der Waals surface area contributed by atoms with Crippen LogP contribution in [0.5, 0.6) is 0 Å². The van der Waals surface area contributed by atoms with E-state index in [-0.39, 0.29) is 24.0 Å². The molecule has 2 rings (SSSR count). The smallest absolute Gasteiger partial charge is 0.191 e. The molecule has 4 nitrogen and oxygen atoms in total. The number of thiophene rings is 1. The summed E-state index contributed by atoms with van der Waals surface area (Å²) < 4.78 is 0. The minimum atomic E-state index is 0. The number of halogens is 1. The number of hydrogen-bond acceptors (Lipinski definition) is 3. The zero-order chi connectivity index (χ0) is 16.5. The van der Waals surface area contributed by atoms with Crippen LogP contribution in [0.3, 0.4) is 0 Å². The molecule has 2 N–H and O–H groups in total. The lowest BCUT2D eigenvalue weighted by Crippen LogP contribution is -2.46. The summed E-state index contributed by atoms with van der Waals surface area (Å²) in [4.78, 5) is 8.13. The fourth-order valence-corrected chi connectivity index (χ4v) is 4.38. The first-order valence-corrected chi connectivity index (χ1v) is 9.67. The Bertz CT molecular complexity index is 467. The third-order valence-electron chi connectivity index (χ3n) is 4.75. The quantitative estimate of drug-likeness (QED) is 0.280. The molecule has 0 unspecified atom stereocenters. The molecule has 0 radical (unpaired) electrons. The van der Waals surface area contributed by atoms with E-state index in [1.807, 2.05) is 18.4 Å². The maximum absolute atomic E-state index is 4.39. The summed E-state index contributed by atoms with van der Waals surface area (Å²) in [6.45, 7) is 3.05. The van der Waals surface area contributed by atoms with E-state index in [1.54, 1.807) is 0 Å². The molecule has 0 aromatic carbocycles. The zero-order valence-electron chi connectivity index (χ0n) is 15.3. The SMILES string of the molecule is CN=C(NCCCN(C)C)NCC1(c2cccs2)CCCCC1.I. The van der Waals surface area contributed by atoms with Crippen LogP contribution >= 0.6 is 35.3 Å². The molecule has 1 aliphatic carbocycles. The maximum atomic E-state index is 4.39. The second-order valence-electron chi connectivity index (χ2n) is 6.83. The third-order valence-corrected chi connectivity index (χ3v) is 5.86. The predicted octanol–water partition coefficient (Wildman–Crippen LogP) is 3.68. The van der Waals surface area contributed by atoms with E-state index in [0.29, 0.717) is 5.41 Å². The van der Waals surface area contributed by atoms with Crippen molar-refractivity contribution in [3.63, 3.8) is 0 Å². The van der Waals surface area contributed by atoms with Gasteiger partial charge in [0, 0.05) is 30.4 Å². The Morgan fingerprint density at radius 2 is 2.00 bits per heavy atom. The molecule has 1 fully saturated rings. The summed E-state index contributed by atoms with van der Waals surface area (Å²) in [5.41, 5.74) is 0.299. The summed E-state index contributed by atoms with van der Waals surface area (Å²) in [6.07, 6.45) is 7.77. The van der Waals surface area contributed by atoms with E-state index in [0.717, 1.165) is 32.0 Å². The highest BCUT2D eigenvalue weighted by molar-refractivity contribution is 14.0. The van der Waals surface area contributed by atoms with Crippen LogP contribution in [-0.2, 0) is 5.41 Å². The van der Waals surface area contributed by atoms with Gasteiger partial charge in [-0.3, -0.25) is 4.99 Å². The summed E-state index contributed by atoms with van der Waals surface area (Å²) in [6, 6.07) is 4.50. The van der Waals surface area contributed by atoms with Crippen molar-refractivity contribution >= 4 is 41.3 Å². The van der Waals surface area contributed by atoms with E-state index in [4.69, 9.17) is 0 Å². The molecule has 0 amide bonds. The van der Waals surface area contributed by atoms with Crippen LogP contribution in [0.2, 0.25) is 0 Å². The fourth-order valence-electron chi connectivity index (χ4n) is 3.39. The topological polar surface area (TPSA) is 39.7 Å². The highest BCUT2D eigenvalue weighted by Gasteiger charge is 2.34. The lowest BCUT2D eigenvalue weighted by Gasteiger charge is -2.37. The van der Waals surface area contributed by atoms with E-state index >= 15 is 0 Å².